The number of nitrogens with zero attached hydrogens (tertiary/aromatic N) is 2. The summed E-state index contributed by atoms with van der Waals surface area (Å²) in [7, 11) is 0. The zero-order chi connectivity index (χ0) is 18.7. The highest BCUT2D eigenvalue weighted by atomic mass is 32.2. The van der Waals surface area contributed by atoms with Crippen molar-refractivity contribution in [1.29, 1.82) is 0 Å². The number of carbonyl (C=O) groups excluding carboxylic acids is 1. The Morgan fingerprint density at radius 2 is 1.85 bits per heavy atom. The van der Waals surface area contributed by atoms with Crippen molar-refractivity contribution < 1.29 is 13.6 Å². The van der Waals surface area contributed by atoms with E-state index in [1.54, 1.807) is 11.6 Å². The van der Waals surface area contributed by atoms with Crippen LogP contribution in [0.4, 0.5) is 14.5 Å². The SMILES string of the molecule is CC(Sc1nn(-c2ccccc2)c(=S)s1)C(=O)Nc1c(F)cccc1F. The van der Waals surface area contributed by atoms with Gasteiger partial charge in [-0.25, -0.2) is 13.5 Å². The fraction of sp³-hybridized carbons (Fsp3) is 0.118. The summed E-state index contributed by atoms with van der Waals surface area (Å²) in [5.41, 5.74) is 0.374. The smallest absolute Gasteiger partial charge is 0.237 e. The number of para-hydroxylation sites is 2. The number of halogens is 2. The van der Waals surface area contributed by atoms with Gasteiger partial charge < -0.3 is 5.32 Å². The van der Waals surface area contributed by atoms with E-state index >= 15 is 0 Å². The van der Waals surface area contributed by atoms with Crippen molar-refractivity contribution in [2.45, 2.75) is 16.5 Å². The standard InChI is InChI=1S/C17H13F2N3OS3/c1-10(15(23)20-14-12(18)8-5-9-13(14)19)25-16-21-22(17(24)26-16)11-6-3-2-4-7-11/h2-10H,1H3,(H,20,23). The average Bonchev–Trinajstić information content (AvgIpc) is 2.99. The Labute approximate surface area is 161 Å². The largest absolute Gasteiger partial charge is 0.320 e. The van der Waals surface area contributed by atoms with E-state index in [9.17, 15) is 13.6 Å². The first-order valence-corrected chi connectivity index (χ1v) is 9.63. The summed E-state index contributed by atoms with van der Waals surface area (Å²) in [6.45, 7) is 1.63. The van der Waals surface area contributed by atoms with Crippen molar-refractivity contribution in [1.82, 2.24) is 9.78 Å². The van der Waals surface area contributed by atoms with E-state index in [0.29, 0.717) is 8.29 Å². The summed E-state index contributed by atoms with van der Waals surface area (Å²) in [6, 6.07) is 12.8. The average molecular weight is 410 g/mol. The van der Waals surface area contributed by atoms with Crippen LogP contribution in [0.15, 0.2) is 52.9 Å². The van der Waals surface area contributed by atoms with Gasteiger partial charge in [0.2, 0.25) is 5.91 Å². The molecule has 1 heterocycles. The van der Waals surface area contributed by atoms with E-state index in [-0.39, 0.29) is 0 Å². The van der Waals surface area contributed by atoms with Crippen molar-refractivity contribution >= 4 is 46.9 Å². The summed E-state index contributed by atoms with van der Waals surface area (Å²) in [6.07, 6.45) is 0. The molecule has 1 N–H and O–H groups in total. The Kier molecular flexibility index (Phi) is 5.80. The minimum absolute atomic E-state index is 0.451. The van der Waals surface area contributed by atoms with Gasteiger partial charge in [0.05, 0.1) is 10.9 Å². The number of amides is 1. The predicted octanol–water partition coefficient (Wildman–Crippen LogP) is 5.06. The topological polar surface area (TPSA) is 46.9 Å². The van der Waals surface area contributed by atoms with E-state index in [0.717, 1.165) is 17.8 Å². The van der Waals surface area contributed by atoms with Gasteiger partial charge in [-0.1, -0.05) is 47.4 Å². The summed E-state index contributed by atoms with van der Waals surface area (Å²) < 4.78 is 30.1. The number of anilines is 1. The van der Waals surface area contributed by atoms with Crippen LogP contribution < -0.4 is 5.32 Å². The van der Waals surface area contributed by atoms with Crippen LogP contribution in [-0.2, 0) is 4.79 Å². The molecular formula is C17H13F2N3OS3. The van der Waals surface area contributed by atoms with E-state index in [4.69, 9.17) is 12.2 Å². The molecule has 1 unspecified atom stereocenters. The van der Waals surface area contributed by atoms with Crippen LogP contribution in [0.25, 0.3) is 5.69 Å². The van der Waals surface area contributed by atoms with Gasteiger partial charge in [-0.2, -0.15) is 0 Å². The highest BCUT2D eigenvalue weighted by Gasteiger charge is 2.20. The Morgan fingerprint density at radius 1 is 1.19 bits per heavy atom. The molecule has 9 heteroatoms. The van der Waals surface area contributed by atoms with Gasteiger partial charge >= 0.3 is 0 Å². The summed E-state index contributed by atoms with van der Waals surface area (Å²) in [4.78, 5) is 12.3. The van der Waals surface area contributed by atoms with Crippen LogP contribution in [0.2, 0.25) is 0 Å². The van der Waals surface area contributed by atoms with E-state index in [1.807, 2.05) is 30.3 Å². The van der Waals surface area contributed by atoms with Crippen LogP contribution in [0.3, 0.4) is 0 Å². The van der Waals surface area contributed by atoms with Crippen LogP contribution in [0.5, 0.6) is 0 Å². The quantitative estimate of drug-likeness (QED) is 0.473. The second-order valence-corrected chi connectivity index (χ2v) is 8.44. The molecule has 134 valence electrons. The molecule has 1 aromatic heterocycles. The molecule has 3 aromatic rings. The molecule has 2 aromatic carbocycles. The molecule has 4 nitrogen and oxygen atoms in total. The van der Waals surface area contributed by atoms with E-state index in [1.165, 1.54) is 29.2 Å². The first kappa shape index (κ1) is 18.7. The molecule has 3 rings (SSSR count). The normalized spacial score (nSPS) is 12.0. The summed E-state index contributed by atoms with van der Waals surface area (Å²) in [5, 5.41) is 6.08. The highest BCUT2D eigenvalue weighted by molar-refractivity contribution is 8.02. The molecule has 0 saturated carbocycles. The van der Waals surface area contributed by atoms with Gasteiger partial charge in [0.15, 0.2) is 8.29 Å². The van der Waals surface area contributed by atoms with Crippen molar-refractivity contribution in [2.24, 2.45) is 0 Å². The van der Waals surface area contributed by atoms with Crippen molar-refractivity contribution in [3.63, 3.8) is 0 Å². The minimum atomic E-state index is -0.820. The third-order valence-corrected chi connectivity index (χ3v) is 5.80. The molecule has 0 aliphatic heterocycles. The van der Waals surface area contributed by atoms with Crippen molar-refractivity contribution in [3.8, 4) is 5.69 Å². The molecule has 0 aliphatic carbocycles. The lowest BCUT2D eigenvalue weighted by Crippen LogP contribution is -2.23. The molecule has 0 aliphatic rings. The maximum atomic E-state index is 13.7. The Morgan fingerprint density at radius 3 is 2.50 bits per heavy atom. The molecule has 0 radical (unpaired) electrons. The molecular weight excluding hydrogens is 396 g/mol. The van der Waals surface area contributed by atoms with Gasteiger partial charge in [-0.15, -0.1) is 5.10 Å². The lowest BCUT2D eigenvalue weighted by molar-refractivity contribution is -0.115. The lowest BCUT2D eigenvalue weighted by atomic mass is 10.3. The summed E-state index contributed by atoms with van der Waals surface area (Å²) in [5.74, 6) is -2.16. The monoisotopic (exact) mass is 409 g/mol. The van der Waals surface area contributed by atoms with Crippen LogP contribution in [-0.4, -0.2) is 20.9 Å². The minimum Gasteiger partial charge on any atom is -0.320 e. The first-order chi connectivity index (χ1) is 12.5. The zero-order valence-electron chi connectivity index (χ0n) is 13.5. The molecule has 1 atom stereocenters. The Balaban J connectivity index is 1.73. The number of benzene rings is 2. The molecule has 1 amide bonds. The number of hydrogen-bond acceptors (Lipinski definition) is 5. The number of rotatable bonds is 5. The van der Waals surface area contributed by atoms with Crippen molar-refractivity contribution in [3.05, 3.63) is 64.1 Å². The second kappa shape index (κ2) is 8.07. The van der Waals surface area contributed by atoms with Gasteiger partial charge in [0, 0.05) is 0 Å². The fourth-order valence-corrected chi connectivity index (χ4v) is 4.59. The Hall–Kier alpha value is -2.10. The number of aromatic nitrogens is 2. The highest BCUT2D eigenvalue weighted by Crippen LogP contribution is 2.29. The molecule has 0 saturated heterocycles. The first-order valence-electron chi connectivity index (χ1n) is 7.53. The third-order valence-electron chi connectivity index (χ3n) is 3.39. The van der Waals surface area contributed by atoms with Gasteiger partial charge in [0.25, 0.3) is 0 Å². The van der Waals surface area contributed by atoms with Crippen LogP contribution >= 0.6 is 35.3 Å². The molecule has 0 bridgehead atoms. The molecule has 0 spiro atoms. The van der Waals surface area contributed by atoms with E-state index in [2.05, 4.69) is 10.4 Å². The van der Waals surface area contributed by atoms with Crippen molar-refractivity contribution in [2.75, 3.05) is 5.32 Å². The number of nitrogens with one attached hydrogen (secondary N) is 1. The number of thioether (sulfide) groups is 1. The summed E-state index contributed by atoms with van der Waals surface area (Å²) >= 11 is 7.76. The number of carbonyl (C=O) groups is 1. The van der Waals surface area contributed by atoms with Gasteiger partial charge in [-0.3, -0.25) is 4.79 Å². The van der Waals surface area contributed by atoms with Gasteiger partial charge in [-0.05, 0) is 43.4 Å². The fourth-order valence-electron chi connectivity index (χ4n) is 2.09. The Bertz CT molecular complexity index is 968. The van der Waals surface area contributed by atoms with E-state index < -0.39 is 28.5 Å². The van der Waals surface area contributed by atoms with Crippen LogP contribution in [0.1, 0.15) is 6.92 Å². The maximum absolute atomic E-state index is 13.7. The lowest BCUT2D eigenvalue weighted by Gasteiger charge is -2.11. The maximum Gasteiger partial charge on any atom is 0.237 e. The second-order valence-electron chi connectivity index (χ2n) is 5.23. The third kappa shape index (κ3) is 4.17. The molecule has 26 heavy (non-hydrogen) atoms. The molecule has 0 fully saturated rings. The zero-order valence-corrected chi connectivity index (χ0v) is 15.9. The predicted molar refractivity (Wildman–Crippen MR) is 103 cm³/mol. The van der Waals surface area contributed by atoms with Crippen LogP contribution in [0, 0.1) is 15.6 Å². The number of hydrogen-bond donors (Lipinski definition) is 1. The van der Waals surface area contributed by atoms with Gasteiger partial charge in [0.1, 0.15) is 17.3 Å².